The van der Waals surface area contributed by atoms with Crippen molar-refractivity contribution < 1.29 is 19.0 Å². The molecule has 0 atom stereocenters. The maximum atomic E-state index is 12.9. The number of fused-ring (bicyclic) bond motifs is 1. The summed E-state index contributed by atoms with van der Waals surface area (Å²) < 4.78 is 18.6. The molecule has 152 valence electrons. The van der Waals surface area contributed by atoms with Crippen molar-refractivity contribution in [1.82, 2.24) is 4.57 Å². The van der Waals surface area contributed by atoms with Gasteiger partial charge in [0.05, 0.1) is 36.6 Å². The van der Waals surface area contributed by atoms with E-state index in [1.165, 1.54) is 32.7 Å². The monoisotopic (exact) mass is 452 g/mol. The van der Waals surface area contributed by atoms with Gasteiger partial charge < -0.3 is 18.8 Å². The smallest absolute Gasteiger partial charge is 0.279 e. The summed E-state index contributed by atoms with van der Waals surface area (Å²) in [6, 6.07) is 6.56. The van der Waals surface area contributed by atoms with Crippen LogP contribution in [0.4, 0.5) is 0 Å². The van der Waals surface area contributed by atoms with E-state index < -0.39 is 5.91 Å². The van der Waals surface area contributed by atoms with Crippen LogP contribution in [0.3, 0.4) is 0 Å². The zero-order valence-electron chi connectivity index (χ0n) is 16.0. The van der Waals surface area contributed by atoms with Crippen molar-refractivity contribution in [3.05, 3.63) is 57.3 Å². The van der Waals surface area contributed by atoms with Gasteiger partial charge in [0.2, 0.25) is 5.75 Å². The molecular formula is C20H18Cl2N2O4S. The maximum Gasteiger partial charge on any atom is 0.279 e. The van der Waals surface area contributed by atoms with E-state index in [1.54, 1.807) is 30.3 Å². The molecule has 0 aliphatic heterocycles. The SMILES string of the molecule is C=CCn1c(=NC(=O)c2cc(OC)c(OC)c(OC)c2)sc2cc(Cl)cc(Cl)c21. The van der Waals surface area contributed by atoms with Crippen molar-refractivity contribution in [2.24, 2.45) is 4.99 Å². The number of nitrogens with zero attached hydrogens (tertiary/aromatic N) is 2. The molecule has 1 amide bonds. The zero-order chi connectivity index (χ0) is 21.1. The van der Waals surface area contributed by atoms with Gasteiger partial charge in [-0.2, -0.15) is 4.99 Å². The van der Waals surface area contributed by atoms with Crippen molar-refractivity contribution in [3.8, 4) is 17.2 Å². The standard InChI is InChI=1S/C20H18Cl2N2O4S/c1-5-6-24-17-13(22)9-12(21)10-16(17)29-20(24)23-19(25)11-7-14(26-2)18(28-4)15(8-11)27-3/h5,7-10H,1,6H2,2-4H3. The van der Waals surface area contributed by atoms with Crippen LogP contribution in [0.15, 0.2) is 41.9 Å². The van der Waals surface area contributed by atoms with E-state index in [0.717, 1.165) is 10.2 Å². The van der Waals surface area contributed by atoms with E-state index in [0.29, 0.717) is 44.2 Å². The molecule has 2 aromatic carbocycles. The lowest BCUT2D eigenvalue weighted by Crippen LogP contribution is -2.16. The number of carbonyl (C=O) groups is 1. The molecule has 0 saturated heterocycles. The summed E-state index contributed by atoms with van der Waals surface area (Å²) in [5.41, 5.74) is 1.05. The first-order valence-corrected chi connectivity index (χ1v) is 9.99. The minimum atomic E-state index is -0.462. The minimum Gasteiger partial charge on any atom is -0.493 e. The number of hydrogen-bond acceptors (Lipinski definition) is 5. The number of benzene rings is 2. The molecule has 3 aromatic rings. The normalized spacial score (nSPS) is 11.6. The van der Waals surface area contributed by atoms with Crippen LogP contribution >= 0.6 is 34.5 Å². The highest BCUT2D eigenvalue weighted by Gasteiger charge is 2.18. The van der Waals surface area contributed by atoms with Crippen molar-refractivity contribution in [2.75, 3.05) is 21.3 Å². The lowest BCUT2D eigenvalue weighted by Gasteiger charge is -2.12. The van der Waals surface area contributed by atoms with Crippen molar-refractivity contribution in [2.45, 2.75) is 6.54 Å². The highest BCUT2D eigenvalue weighted by atomic mass is 35.5. The molecule has 0 N–H and O–H groups in total. The molecule has 9 heteroatoms. The van der Waals surface area contributed by atoms with Crippen LogP contribution in [0.5, 0.6) is 17.2 Å². The number of aromatic nitrogens is 1. The van der Waals surface area contributed by atoms with Crippen LogP contribution in [0.1, 0.15) is 10.4 Å². The predicted molar refractivity (Wildman–Crippen MR) is 116 cm³/mol. The van der Waals surface area contributed by atoms with Gasteiger partial charge in [0.1, 0.15) is 0 Å². The molecule has 0 unspecified atom stereocenters. The quantitative estimate of drug-likeness (QED) is 0.495. The molecule has 6 nitrogen and oxygen atoms in total. The predicted octanol–water partition coefficient (Wildman–Crippen LogP) is 4.96. The van der Waals surface area contributed by atoms with Gasteiger partial charge in [0, 0.05) is 17.1 Å². The van der Waals surface area contributed by atoms with Gasteiger partial charge in [-0.05, 0) is 24.3 Å². The highest BCUT2D eigenvalue weighted by Crippen LogP contribution is 2.38. The van der Waals surface area contributed by atoms with E-state index in [4.69, 9.17) is 37.4 Å². The molecule has 0 aliphatic carbocycles. The van der Waals surface area contributed by atoms with Crippen molar-refractivity contribution in [3.63, 3.8) is 0 Å². The lowest BCUT2D eigenvalue weighted by atomic mass is 10.1. The Morgan fingerprint density at radius 3 is 2.34 bits per heavy atom. The molecule has 0 saturated carbocycles. The van der Waals surface area contributed by atoms with E-state index in [9.17, 15) is 4.79 Å². The topological polar surface area (TPSA) is 62.1 Å². The van der Waals surface area contributed by atoms with E-state index >= 15 is 0 Å². The lowest BCUT2D eigenvalue weighted by molar-refractivity contribution is 0.0997. The molecule has 1 heterocycles. The van der Waals surface area contributed by atoms with Gasteiger partial charge in [0.25, 0.3) is 5.91 Å². The third-order valence-electron chi connectivity index (χ3n) is 4.12. The Morgan fingerprint density at radius 1 is 1.14 bits per heavy atom. The van der Waals surface area contributed by atoms with E-state index in [2.05, 4.69) is 11.6 Å². The summed E-state index contributed by atoms with van der Waals surface area (Å²) in [6.45, 7) is 4.21. The van der Waals surface area contributed by atoms with Gasteiger partial charge in [-0.15, -0.1) is 6.58 Å². The van der Waals surface area contributed by atoms with E-state index in [-0.39, 0.29) is 0 Å². The maximum absolute atomic E-state index is 12.9. The number of carbonyl (C=O) groups excluding carboxylic acids is 1. The summed E-state index contributed by atoms with van der Waals surface area (Å²) >= 11 is 13.8. The first kappa shape index (κ1) is 21.2. The second kappa shape index (κ2) is 8.90. The Morgan fingerprint density at radius 2 is 1.79 bits per heavy atom. The van der Waals surface area contributed by atoms with Crippen LogP contribution in [0, 0.1) is 0 Å². The number of amides is 1. The average molecular weight is 453 g/mol. The van der Waals surface area contributed by atoms with Gasteiger partial charge in [-0.1, -0.05) is 40.6 Å². The molecule has 0 spiro atoms. The third-order valence-corrected chi connectivity index (χ3v) is 5.65. The number of methoxy groups -OCH3 is 3. The van der Waals surface area contributed by atoms with Gasteiger partial charge in [-0.3, -0.25) is 4.79 Å². The molecule has 29 heavy (non-hydrogen) atoms. The summed E-state index contributed by atoms with van der Waals surface area (Å²) in [5.74, 6) is 0.679. The number of ether oxygens (including phenoxy) is 3. The van der Waals surface area contributed by atoms with Crippen LogP contribution in [-0.4, -0.2) is 31.8 Å². The number of thiazole rings is 1. The summed E-state index contributed by atoms with van der Waals surface area (Å²) in [4.78, 5) is 17.7. The van der Waals surface area contributed by atoms with Crippen LogP contribution < -0.4 is 19.0 Å². The van der Waals surface area contributed by atoms with E-state index in [1.807, 2.05) is 4.57 Å². The molecule has 0 radical (unpaired) electrons. The van der Waals surface area contributed by atoms with Crippen molar-refractivity contribution in [1.29, 1.82) is 0 Å². The van der Waals surface area contributed by atoms with Gasteiger partial charge >= 0.3 is 0 Å². The van der Waals surface area contributed by atoms with Crippen LogP contribution in [0.2, 0.25) is 10.0 Å². The molecule has 0 fully saturated rings. The summed E-state index contributed by atoms with van der Waals surface area (Å²) in [7, 11) is 4.47. The fourth-order valence-corrected chi connectivity index (χ4v) is 4.69. The van der Waals surface area contributed by atoms with Gasteiger partial charge in [-0.25, -0.2) is 0 Å². The summed E-state index contributed by atoms with van der Waals surface area (Å²) in [5, 5.41) is 0.990. The number of halogens is 2. The molecular weight excluding hydrogens is 435 g/mol. The average Bonchev–Trinajstić information content (AvgIpc) is 3.03. The minimum absolute atomic E-state index is 0.297. The van der Waals surface area contributed by atoms with Crippen LogP contribution in [0.25, 0.3) is 10.2 Å². The zero-order valence-corrected chi connectivity index (χ0v) is 18.3. The second-order valence-electron chi connectivity index (χ2n) is 5.85. The van der Waals surface area contributed by atoms with Crippen LogP contribution in [-0.2, 0) is 6.54 Å². The number of hydrogen-bond donors (Lipinski definition) is 0. The second-order valence-corrected chi connectivity index (χ2v) is 7.70. The largest absolute Gasteiger partial charge is 0.493 e. The fraction of sp³-hybridized carbons (Fsp3) is 0.200. The Labute approximate surface area is 181 Å². The Kier molecular flexibility index (Phi) is 6.52. The number of rotatable bonds is 6. The summed E-state index contributed by atoms with van der Waals surface area (Å²) in [6.07, 6.45) is 1.71. The first-order valence-electron chi connectivity index (χ1n) is 8.41. The van der Waals surface area contributed by atoms with Crippen molar-refractivity contribution >= 4 is 50.7 Å². The molecule has 0 bridgehead atoms. The third kappa shape index (κ3) is 4.12. The fourth-order valence-electron chi connectivity index (χ4n) is 2.87. The molecule has 1 aromatic heterocycles. The Bertz CT molecular complexity index is 1140. The molecule has 0 aliphatic rings. The molecule has 3 rings (SSSR count). The first-order chi connectivity index (χ1) is 13.9. The Hall–Kier alpha value is -2.48. The highest BCUT2D eigenvalue weighted by molar-refractivity contribution is 7.16. The number of allylic oxidation sites excluding steroid dienone is 1. The Balaban J connectivity index is 2.19. The van der Waals surface area contributed by atoms with Gasteiger partial charge in [0.15, 0.2) is 16.3 Å².